The van der Waals surface area contributed by atoms with Gasteiger partial charge in [-0.3, -0.25) is 13.6 Å². The van der Waals surface area contributed by atoms with Gasteiger partial charge >= 0.3 is 13.5 Å². The Labute approximate surface area is 257 Å². The maximum absolute atomic E-state index is 12.4. The van der Waals surface area contributed by atoms with Gasteiger partial charge in [-0.2, -0.15) is 4.98 Å². The molecular weight excluding hydrogens is 575 g/mol. The van der Waals surface area contributed by atoms with Gasteiger partial charge in [0.25, 0.3) is 0 Å². The Kier molecular flexibility index (Phi) is 18.5. The molecular formula is C30H55N4O8P. The van der Waals surface area contributed by atoms with Crippen LogP contribution >= 0.6 is 7.82 Å². The number of phosphoric acid groups is 1. The normalized spacial score (nSPS) is 21.9. The summed E-state index contributed by atoms with van der Waals surface area (Å²) in [7, 11) is -0.833. The third-order valence-corrected chi connectivity index (χ3v) is 8.49. The van der Waals surface area contributed by atoms with Gasteiger partial charge in [-0.15, -0.1) is 0 Å². The van der Waals surface area contributed by atoms with Crippen LogP contribution in [0.5, 0.6) is 0 Å². The quantitative estimate of drug-likeness (QED) is 0.0579. The van der Waals surface area contributed by atoms with Crippen molar-refractivity contribution in [3.63, 3.8) is 0 Å². The minimum Gasteiger partial charge on any atom is -0.387 e. The van der Waals surface area contributed by atoms with E-state index in [0.29, 0.717) is 6.42 Å². The second kappa shape index (κ2) is 21.1. The van der Waals surface area contributed by atoms with Gasteiger partial charge in [-0.05, 0) is 12.5 Å². The van der Waals surface area contributed by atoms with E-state index in [4.69, 9.17) is 13.8 Å². The molecule has 43 heavy (non-hydrogen) atoms. The molecule has 0 amide bonds. The predicted octanol–water partition coefficient (Wildman–Crippen LogP) is 5.48. The highest BCUT2D eigenvalue weighted by molar-refractivity contribution is 7.47. The lowest BCUT2D eigenvalue weighted by atomic mass is 10.0. The second-order valence-electron chi connectivity index (χ2n) is 11.6. The molecule has 0 bridgehead atoms. The zero-order valence-electron chi connectivity index (χ0n) is 26.4. The van der Waals surface area contributed by atoms with Crippen LogP contribution in [0, 0.1) is 0 Å². The molecule has 0 radical (unpaired) electrons. The van der Waals surface area contributed by atoms with E-state index in [-0.39, 0.29) is 12.4 Å². The molecule has 1 aromatic heterocycles. The van der Waals surface area contributed by atoms with Gasteiger partial charge in [0.15, 0.2) is 12.0 Å². The monoisotopic (exact) mass is 630 g/mol. The number of unbranched alkanes of at least 4 members (excludes halogenated alkanes) is 15. The molecule has 2 heterocycles. The molecule has 2 rings (SSSR count). The van der Waals surface area contributed by atoms with Crippen LogP contribution in [0.1, 0.15) is 116 Å². The fourth-order valence-electron chi connectivity index (χ4n) is 4.98. The summed E-state index contributed by atoms with van der Waals surface area (Å²) in [5, 5.41) is 20.8. The first kappa shape index (κ1) is 37.5. The zero-order valence-corrected chi connectivity index (χ0v) is 27.3. The summed E-state index contributed by atoms with van der Waals surface area (Å²) in [5.74, 6) is 0.172. The molecule has 12 nitrogen and oxygen atoms in total. The highest BCUT2D eigenvalue weighted by Gasteiger charge is 2.45. The van der Waals surface area contributed by atoms with Gasteiger partial charge in [-0.1, -0.05) is 103 Å². The van der Waals surface area contributed by atoms with E-state index in [1.165, 1.54) is 95.7 Å². The Bertz CT molecular complexity index is 1020. The minimum atomic E-state index is -4.38. The Morgan fingerprint density at radius 2 is 1.47 bits per heavy atom. The van der Waals surface area contributed by atoms with E-state index >= 15 is 0 Å². The topological polar surface area (TPSA) is 156 Å². The molecule has 0 saturated carbocycles. The molecule has 0 aliphatic carbocycles. The van der Waals surface area contributed by atoms with Crippen LogP contribution < -0.4 is 5.69 Å². The summed E-state index contributed by atoms with van der Waals surface area (Å²) in [6.07, 6.45) is 17.3. The van der Waals surface area contributed by atoms with Crippen LogP contribution in [0.3, 0.4) is 0 Å². The number of aliphatic imine (C=N–C) groups is 1. The molecule has 1 aromatic rings. The molecule has 3 N–H and O–H groups in total. The summed E-state index contributed by atoms with van der Waals surface area (Å²) in [6, 6.07) is 1.46. The molecule has 1 saturated heterocycles. The fraction of sp³-hybridized carbons (Fsp3) is 0.833. The maximum atomic E-state index is 12.4. The molecule has 0 aromatic carbocycles. The van der Waals surface area contributed by atoms with Crippen LogP contribution in [0.25, 0.3) is 0 Å². The van der Waals surface area contributed by atoms with Crippen molar-refractivity contribution in [3.05, 3.63) is 22.7 Å². The number of hydrogen-bond acceptors (Lipinski definition) is 9. The smallest absolute Gasteiger partial charge is 0.387 e. The third kappa shape index (κ3) is 15.3. The number of rotatable bonds is 24. The SMILES string of the molecule is CCCCCCCCCCCCCCCCCCOP(=O)(O)OC[C@H]1O[C@@H](n2ccc(N=CN(C)C)nc2=O)C(O)C1O. The summed E-state index contributed by atoms with van der Waals surface area (Å²) >= 11 is 0. The number of ether oxygens (including phenoxy) is 1. The average molecular weight is 631 g/mol. The largest absolute Gasteiger partial charge is 0.472 e. The summed E-state index contributed by atoms with van der Waals surface area (Å²) in [4.78, 5) is 32.0. The van der Waals surface area contributed by atoms with Crippen molar-refractivity contribution >= 4 is 20.0 Å². The number of nitrogens with zero attached hydrogens (tertiary/aromatic N) is 4. The van der Waals surface area contributed by atoms with E-state index in [1.54, 1.807) is 19.0 Å². The Morgan fingerprint density at radius 1 is 0.930 bits per heavy atom. The van der Waals surface area contributed by atoms with E-state index in [9.17, 15) is 24.5 Å². The van der Waals surface area contributed by atoms with Crippen LogP contribution in [0.2, 0.25) is 0 Å². The lowest BCUT2D eigenvalue weighted by molar-refractivity contribution is -0.0551. The molecule has 13 heteroatoms. The van der Waals surface area contributed by atoms with Crippen molar-refractivity contribution in [3.8, 4) is 0 Å². The maximum Gasteiger partial charge on any atom is 0.472 e. The molecule has 248 valence electrons. The molecule has 1 fully saturated rings. The highest BCUT2D eigenvalue weighted by Crippen LogP contribution is 2.44. The van der Waals surface area contributed by atoms with Crippen molar-refractivity contribution in [2.24, 2.45) is 4.99 Å². The van der Waals surface area contributed by atoms with Crippen molar-refractivity contribution in [1.29, 1.82) is 0 Å². The van der Waals surface area contributed by atoms with Gasteiger partial charge in [0.2, 0.25) is 0 Å². The molecule has 1 aliphatic rings. The first-order chi connectivity index (χ1) is 20.6. The second-order valence-corrected chi connectivity index (χ2v) is 13.1. The highest BCUT2D eigenvalue weighted by atomic mass is 31.2. The predicted molar refractivity (Wildman–Crippen MR) is 168 cm³/mol. The molecule has 3 unspecified atom stereocenters. The molecule has 5 atom stereocenters. The Balaban J connectivity index is 1.55. The fourth-order valence-corrected chi connectivity index (χ4v) is 5.75. The van der Waals surface area contributed by atoms with Crippen molar-refractivity contribution in [2.45, 2.75) is 134 Å². The van der Waals surface area contributed by atoms with Gasteiger partial charge in [-0.25, -0.2) is 14.4 Å². The van der Waals surface area contributed by atoms with E-state index in [0.717, 1.165) is 23.8 Å². The molecule has 1 aliphatic heterocycles. The van der Waals surface area contributed by atoms with E-state index in [1.807, 2.05) is 0 Å². The van der Waals surface area contributed by atoms with Crippen molar-refractivity contribution in [2.75, 3.05) is 27.3 Å². The van der Waals surface area contributed by atoms with Crippen molar-refractivity contribution < 1.29 is 33.5 Å². The lowest BCUT2D eigenvalue weighted by Crippen LogP contribution is -2.36. The van der Waals surface area contributed by atoms with Gasteiger partial charge in [0.05, 0.1) is 19.6 Å². The number of aromatic nitrogens is 2. The number of phosphoric ester groups is 1. The lowest BCUT2D eigenvalue weighted by Gasteiger charge is -2.18. The van der Waals surface area contributed by atoms with Gasteiger partial charge in [0, 0.05) is 20.3 Å². The standard InChI is InChI=1S/C30H55N4O8P/c1-4-5-6-7-8-9-10-11-12-13-14-15-16-17-18-19-22-40-43(38,39)41-23-25-27(35)28(36)29(42-25)34-21-20-26(32-30(34)37)31-24-33(2)3/h20-21,24-25,27-29,35-36H,4-19,22-23H2,1-3H3,(H,38,39)/t25-,27?,28?,29-/m1/s1. The van der Waals surface area contributed by atoms with E-state index in [2.05, 4.69) is 16.9 Å². The van der Waals surface area contributed by atoms with Gasteiger partial charge < -0.3 is 24.7 Å². The first-order valence-electron chi connectivity index (χ1n) is 16.1. The number of aliphatic hydroxyl groups excluding tert-OH is 2. The van der Waals surface area contributed by atoms with Crippen LogP contribution in [-0.4, -0.2) is 81.5 Å². The van der Waals surface area contributed by atoms with Crippen LogP contribution in [0.15, 0.2) is 22.1 Å². The van der Waals surface area contributed by atoms with Crippen LogP contribution in [-0.2, 0) is 18.3 Å². The number of aliphatic hydroxyl groups is 2. The summed E-state index contributed by atoms with van der Waals surface area (Å²) in [5.41, 5.74) is -0.735. The van der Waals surface area contributed by atoms with E-state index < -0.39 is 44.7 Å². The molecule has 0 spiro atoms. The Morgan fingerprint density at radius 3 is 1.98 bits per heavy atom. The summed E-state index contributed by atoms with van der Waals surface area (Å²) in [6.45, 7) is 1.83. The van der Waals surface area contributed by atoms with Gasteiger partial charge in [0.1, 0.15) is 18.3 Å². The Hall–Kier alpha value is -1.66. The first-order valence-corrected chi connectivity index (χ1v) is 17.6. The summed E-state index contributed by atoms with van der Waals surface area (Å²) < 4.78 is 29.0. The minimum absolute atomic E-state index is 0.0786. The van der Waals surface area contributed by atoms with Crippen LogP contribution in [0.4, 0.5) is 5.82 Å². The zero-order chi connectivity index (χ0) is 31.5. The average Bonchev–Trinajstić information content (AvgIpc) is 3.25. The van der Waals surface area contributed by atoms with Crippen molar-refractivity contribution in [1.82, 2.24) is 14.5 Å². The number of hydrogen-bond donors (Lipinski definition) is 3. The third-order valence-electron chi connectivity index (χ3n) is 7.50.